The van der Waals surface area contributed by atoms with Crippen molar-refractivity contribution < 1.29 is 9.59 Å². The van der Waals surface area contributed by atoms with Gasteiger partial charge in [-0.1, -0.05) is 35.8 Å². The Labute approximate surface area is 146 Å². The van der Waals surface area contributed by atoms with E-state index in [2.05, 4.69) is 35.1 Å². The smallest absolute Gasteiger partial charge is 0.240 e. The maximum atomic E-state index is 12.8. The molecule has 0 aromatic heterocycles. The Morgan fingerprint density at radius 1 is 1.22 bits per heavy atom. The van der Waals surface area contributed by atoms with Gasteiger partial charge in [0.1, 0.15) is 5.41 Å². The van der Waals surface area contributed by atoms with Gasteiger partial charge in [-0.3, -0.25) is 9.59 Å². The minimum Gasteiger partial charge on any atom is -0.342 e. The summed E-state index contributed by atoms with van der Waals surface area (Å²) in [5, 5.41) is 2.92. The lowest BCUT2D eigenvalue weighted by Crippen LogP contribution is -2.43. The van der Waals surface area contributed by atoms with E-state index >= 15 is 0 Å². The lowest BCUT2D eigenvalue weighted by atomic mass is 10.0. The lowest BCUT2D eigenvalue weighted by Gasteiger charge is -2.26. The second kappa shape index (κ2) is 7.47. The molecular weight excluding hydrogens is 356 g/mol. The minimum atomic E-state index is -0.846. The minimum absolute atomic E-state index is 0.00937. The van der Waals surface area contributed by atoms with Crippen LogP contribution in [0, 0.1) is 12.3 Å². The molecule has 1 N–H and O–H groups in total. The van der Waals surface area contributed by atoms with Gasteiger partial charge in [0.15, 0.2) is 0 Å². The number of hydrogen-bond donors (Lipinski definition) is 1. The Balaban J connectivity index is 2.10. The van der Waals surface area contributed by atoms with E-state index in [-0.39, 0.29) is 11.8 Å². The number of anilines is 1. The average Bonchev–Trinajstić information content (AvgIpc) is 3.32. The molecular formula is C18H25BrN2O2. The summed E-state index contributed by atoms with van der Waals surface area (Å²) in [6.07, 6.45) is 3.12. The van der Waals surface area contributed by atoms with Gasteiger partial charge >= 0.3 is 0 Å². The van der Waals surface area contributed by atoms with Crippen LogP contribution in [-0.4, -0.2) is 29.8 Å². The second-order valence-corrected chi connectivity index (χ2v) is 7.15. The highest BCUT2D eigenvalue weighted by Crippen LogP contribution is 2.48. The number of nitrogens with zero attached hydrogens (tertiary/aromatic N) is 1. The third-order valence-electron chi connectivity index (χ3n) is 4.30. The van der Waals surface area contributed by atoms with Crippen LogP contribution in [0.25, 0.3) is 0 Å². The summed E-state index contributed by atoms with van der Waals surface area (Å²) in [5.41, 5.74) is 0.989. The van der Waals surface area contributed by atoms with Crippen LogP contribution in [0.5, 0.6) is 0 Å². The highest BCUT2D eigenvalue weighted by atomic mass is 79.9. The van der Waals surface area contributed by atoms with E-state index in [1.165, 1.54) is 0 Å². The second-order valence-electron chi connectivity index (χ2n) is 6.29. The number of nitrogens with one attached hydrogen (secondary N) is 1. The molecule has 2 amide bonds. The van der Waals surface area contributed by atoms with Crippen molar-refractivity contribution in [1.29, 1.82) is 0 Å². The molecule has 0 radical (unpaired) electrons. The predicted molar refractivity (Wildman–Crippen MR) is 96.3 cm³/mol. The topological polar surface area (TPSA) is 49.4 Å². The molecule has 0 bridgehead atoms. The Morgan fingerprint density at radius 2 is 1.83 bits per heavy atom. The molecule has 23 heavy (non-hydrogen) atoms. The summed E-state index contributed by atoms with van der Waals surface area (Å²) in [5.74, 6) is -0.180. The number of rotatable bonds is 7. The van der Waals surface area contributed by atoms with Gasteiger partial charge in [0.05, 0.1) is 0 Å². The summed E-state index contributed by atoms with van der Waals surface area (Å²) in [6, 6.07) is 5.69. The summed E-state index contributed by atoms with van der Waals surface area (Å²) in [4.78, 5) is 27.3. The monoisotopic (exact) mass is 380 g/mol. The third kappa shape index (κ3) is 3.94. The largest absolute Gasteiger partial charge is 0.342 e. The van der Waals surface area contributed by atoms with E-state index in [4.69, 9.17) is 0 Å². The number of halogens is 1. The van der Waals surface area contributed by atoms with Crippen molar-refractivity contribution in [1.82, 2.24) is 4.90 Å². The molecule has 4 nitrogen and oxygen atoms in total. The first-order valence-electron chi connectivity index (χ1n) is 8.31. The highest BCUT2D eigenvalue weighted by Gasteiger charge is 2.57. The molecule has 1 aliphatic rings. The maximum absolute atomic E-state index is 12.8. The normalized spacial score (nSPS) is 15.1. The Bertz CT molecular complexity index is 591. The number of carbonyl (C=O) groups is 2. The number of carbonyl (C=O) groups excluding carboxylic acids is 2. The number of hydrogen-bond acceptors (Lipinski definition) is 2. The van der Waals surface area contributed by atoms with Crippen molar-refractivity contribution >= 4 is 33.4 Å². The molecule has 0 saturated heterocycles. The molecule has 1 saturated carbocycles. The molecule has 126 valence electrons. The van der Waals surface area contributed by atoms with Crippen molar-refractivity contribution in [2.24, 2.45) is 5.41 Å². The van der Waals surface area contributed by atoms with Crippen molar-refractivity contribution in [3.8, 4) is 0 Å². The van der Waals surface area contributed by atoms with Crippen LogP contribution in [0.4, 0.5) is 5.69 Å². The fraction of sp³-hybridized carbons (Fsp3) is 0.556. The zero-order valence-corrected chi connectivity index (χ0v) is 15.7. The van der Waals surface area contributed by atoms with Gasteiger partial charge < -0.3 is 10.2 Å². The van der Waals surface area contributed by atoms with E-state index in [1.807, 2.05) is 30.0 Å². The van der Waals surface area contributed by atoms with Crippen molar-refractivity contribution in [3.05, 3.63) is 28.2 Å². The van der Waals surface area contributed by atoms with E-state index in [0.29, 0.717) is 12.8 Å². The molecule has 1 aromatic carbocycles. The summed E-state index contributed by atoms with van der Waals surface area (Å²) in [7, 11) is 0. The quantitative estimate of drug-likeness (QED) is 0.723. The first-order valence-corrected chi connectivity index (χ1v) is 9.11. The molecule has 1 aliphatic carbocycles. The number of benzene rings is 1. The molecule has 0 atom stereocenters. The van der Waals surface area contributed by atoms with Crippen LogP contribution in [0.2, 0.25) is 0 Å². The van der Waals surface area contributed by atoms with Gasteiger partial charge in [-0.15, -0.1) is 0 Å². The van der Waals surface area contributed by atoms with E-state index in [1.54, 1.807) is 0 Å². The first-order chi connectivity index (χ1) is 10.9. The summed E-state index contributed by atoms with van der Waals surface area (Å²) < 4.78 is 0.949. The standard InChI is InChI=1S/C18H25BrN2O2/c1-4-10-21(11-5-2)17(23)18(8-9-18)16(22)20-14-7-6-13(3)15(19)12-14/h6-7,12H,4-5,8-11H2,1-3H3,(H,20,22). The van der Waals surface area contributed by atoms with Crippen LogP contribution in [0.3, 0.4) is 0 Å². The predicted octanol–water partition coefficient (Wildman–Crippen LogP) is 4.12. The lowest BCUT2D eigenvalue weighted by molar-refractivity contribution is -0.142. The zero-order chi connectivity index (χ0) is 17.0. The van der Waals surface area contributed by atoms with Crippen LogP contribution in [-0.2, 0) is 9.59 Å². The molecule has 1 aromatic rings. The fourth-order valence-corrected chi connectivity index (χ4v) is 3.12. The third-order valence-corrected chi connectivity index (χ3v) is 5.15. The van der Waals surface area contributed by atoms with Crippen LogP contribution < -0.4 is 5.32 Å². The SMILES string of the molecule is CCCN(CCC)C(=O)C1(C(=O)Nc2ccc(C)c(Br)c2)CC1. The highest BCUT2D eigenvalue weighted by molar-refractivity contribution is 9.10. The van der Waals surface area contributed by atoms with Crippen molar-refractivity contribution in [2.75, 3.05) is 18.4 Å². The van der Waals surface area contributed by atoms with Crippen molar-refractivity contribution in [2.45, 2.75) is 46.5 Å². The van der Waals surface area contributed by atoms with Crippen LogP contribution in [0.15, 0.2) is 22.7 Å². The molecule has 0 aliphatic heterocycles. The summed E-state index contributed by atoms with van der Waals surface area (Å²) >= 11 is 3.47. The van der Waals surface area contributed by atoms with Gasteiger partial charge in [-0.25, -0.2) is 0 Å². The van der Waals surface area contributed by atoms with E-state index in [9.17, 15) is 9.59 Å². The van der Waals surface area contributed by atoms with Gasteiger partial charge in [0.25, 0.3) is 0 Å². The van der Waals surface area contributed by atoms with Gasteiger partial charge in [-0.2, -0.15) is 0 Å². The summed E-state index contributed by atoms with van der Waals surface area (Å²) in [6.45, 7) is 7.54. The van der Waals surface area contributed by atoms with Gasteiger partial charge in [0.2, 0.25) is 11.8 Å². The molecule has 0 spiro atoms. The number of aryl methyl sites for hydroxylation is 1. The Hall–Kier alpha value is -1.36. The zero-order valence-electron chi connectivity index (χ0n) is 14.1. The van der Waals surface area contributed by atoms with Crippen LogP contribution >= 0.6 is 15.9 Å². The molecule has 2 rings (SSSR count). The average molecular weight is 381 g/mol. The van der Waals surface area contributed by atoms with E-state index < -0.39 is 5.41 Å². The molecule has 0 heterocycles. The molecule has 5 heteroatoms. The van der Waals surface area contributed by atoms with Gasteiger partial charge in [-0.05, 0) is 50.3 Å². The molecule has 0 unspecified atom stereocenters. The maximum Gasteiger partial charge on any atom is 0.240 e. The van der Waals surface area contributed by atoms with Crippen LogP contribution in [0.1, 0.15) is 45.1 Å². The van der Waals surface area contributed by atoms with Gasteiger partial charge in [0, 0.05) is 23.2 Å². The Morgan fingerprint density at radius 3 is 2.30 bits per heavy atom. The fourth-order valence-electron chi connectivity index (χ4n) is 2.74. The van der Waals surface area contributed by atoms with Crippen molar-refractivity contribution in [3.63, 3.8) is 0 Å². The first kappa shape index (κ1) is 18.0. The van der Waals surface area contributed by atoms with E-state index in [0.717, 1.165) is 41.7 Å². The molecule has 1 fully saturated rings. The Kier molecular flexibility index (Phi) is 5.84. The number of amides is 2.